The average Bonchev–Trinajstić information content (AvgIpc) is 3.11. The van der Waals surface area contributed by atoms with Crippen molar-refractivity contribution in [3.8, 4) is 5.75 Å². The summed E-state index contributed by atoms with van der Waals surface area (Å²) in [6.07, 6.45) is 7.58. The predicted molar refractivity (Wildman–Crippen MR) is 192 cm³/mol. The molecule has 0 aromatic heterocycles. The highest BCUT2D eigenvalue weighted by molar-refractivity contribution is 5.97. The normalized spacial score (nSPS) is 12.2. The van der Waals surface area contributed by atoms with Gasteiger partial charge in [-0.25, -0.2) is 8.78 Å². The second-order valence-corrected chi connectivity index (χ2v) is 12.0. The molecule has 2 amide bonds. The first-order chi connectivity index (χ1) is 24.4. The highest BCUT2D eigenvalue weighted by Gasteiger charge is 2.23. The van der Waals surface area contributed by atoms with Crippen LogP contribution in [-0.2, 0) is 30.4 Å². The van der Waals surface area contributed by atoms with Gasteiger partial charge in [0, 0.05) is 47.7 Å². The second-order valence-electron chi connectivity index (χ2n) is 12.0. The summed E-state index contributed by atoms with van der Waals surface area (Å²) < 4.78 is 65.0. The van der Waals surface area contributed by atoms with Crippen LogP contribution in [0.4, 0.5) is 23.2 Å². The first-order valence-corrected chi connectivity index (χ1v) is 16.9. The summed E-state index contributed by atoms with van der Waals surface area (Å²) in [7, 11) is 3.03. The van der Waals surface area contributed by atoms with Crippen molar-refractivity contribution in [2.24, 2.45) is 5.92 Å². The number of esters is 1. The van der Waals surface area contributed by atoms with Gasteiger partial charge in [0.05, 0.1) is 25.3 Å². The predicted octanol–water partition coefficient (Wildman–Crippen LogP) is 8.51. The van der Waals surface area contributed by atoms with Crippen LogP contribution < -0.4 is 15.0 Å². The fourth-order valence-corrected chi connectivity index (χ4v) is 4.59. The quantitative estimate of drug-likeness (QED) is 0.0627. The Kier molecular flexibility index (Phi) is 19.2. The van der Waals surface area contributed by atoms with E-state index < -0.39 is 35.0 Å². The lowest BCUT2D eigenvalue weighted by Crippen LogP contribution is -2.32. The molecule has 3 aromatic carbocycles. The minimum atomic E-state index is -1.75. The van der Waals surface area contributed by atoms with Gasteiger partial charge >= 0.3 is 5.97 Å². The number of carbonyl (C=O) groups excluding carboxylic acids is 3. The van der Waals surface area contributed by atoms with Crippen molar-refractivity contribution in [3.05, 3.63) is 94.6 Å². The molecular formula is C39H50F4N2O6. The topological polar surface area (TPSA) is 94.2 Å². The van der Waals surface area contributed by atoms with Crippen LogP contribution in [0.3, 0.4) is 0 Å². The van der Waals surface area contributed by atoms with Crippen LogP contribution in [0.2, 0.25) is 0 Å². The number of nitrogens with zero attached hydrogens (tertiary/aromatic N) is 1. The molecule has 1 aliphatic rings. The Labute approximate surface area is 299 Å². The van der Waals surface area contributed by atoms with Gasteiger partial charge in [-0.15, -0.1) is 0 Å². The number of anilines is 1. The molecule has 280 valence electrons. The third kappa shape index (κ3) is 14.7. The number of benzene rings is 3. The molecule has 4 rings (SSSR count). The van der Waals surface area contributed by atoms with Crippen LogP contribution in [0.1, 0.15) is 77.4 Å². The van der Waals surface area contributed by atoms with Crippen LogP contribution >= 0.6 is 0 Å². The van der Waals surface area contributed by atoms with Crippen molar-refractivity contribution >= 4 is 35.6 Å². The van der Waals surface area contributed by atoms with E-state index in [9.17, 15) is 31.9 Å². The van der Waals surface area contributed by atoms with Crippen LogP contribution in [0.25, 0.3) is 12.2 Å². The number of unbranched alkanes of at least 4 members (excludes halogenated alkanes) is 1. The molecule has 51 heavy (non-hydrogen) atoms. The molecule has 1 N–H and O–H groups in total. The SMILES string of the molecule is CC(C)CNC(=O)CCCC(=O)N1Cc2ccccc2/C=C\c2ccccc21.CCCCOC.COCCC(=O)Oc1c(F)c(F)cc(F)c1F.[HH]. The van der Waals surface area contributed by atoms with Gasteiger partial charge in [0.2, 0.25) is 29.2 Å². The van der Waals surface area contributed by atoms with Gasteiger partial charge in [0.15, 0.2) is 11.6 Å². The molecule has 1 aliphatic heterocycles. The molecule has 12 heteroatoms. The number of hydrogen-bond acceptors (Lipinski definition) is 6. The standard InChI is InChI=1S/C24H28N2O2.C10H8F4O3.C5H12O.H2/c1-18(2)16-25-23(27)12-7-13-24(28)26-17-21-10-4-3-8-19(21)14-15-20-9-5-6-11-22(20)26;1-16-3-2-7(15)17-10-8(13)5(11)4-6(12)9(10)14;1-3-4-5-6-2;/h3-6,8-11,14-15,18H,7,12-13,16-17H2,1-2H3,(H,25,27);4H,2-3H2,1H3;3-5H2,1-2H3;1H/b15-14-;;;. The number of para-hydroxylation sites is 1. The lowest BCUT2D eigenvalue weighted by Gasteiger charge is -2.27. The van der Waals surface area contributed by atoms with E-state index in [1.54, 1.807) is 7.11 Å². The maximum Gasteiger partial charge on any atom is 0.313 e. The molecule has 3 aromatic rings. The number of hydrogen-bond donors (Lipinski definition) is 1. The number of fused-ring (bicyclic) bond motifs is 2. The molecule has 1 heterocycles. The zero-order valence-electron chi connectivity index (χ0n) is 29.9. The Hall–Kier alpha value is -4.55. The van der Waals surface area contributed by atoms with Crippen molar-refractivity contribution in [3.63, 3.8) is 0 Å². The van der Waals surface area contributed by atoms with Crippen molar-refractivity contribution in [1.29, 1.82) is 0 Å². The molecule has 0 unspecified atom stereocenters. The van der Waals surface area contributed by atoms with Crippen molar-refractivity contribution in [1.82, 2.24) is 5.32 Å². The van der Waals surface area contributed by atoms with Gasteiger partial charge < -0.3 is 24.4 Å². The monoisotopic (exact) mass is 718 g/mol. The van der Waals surface area contributed by atoms with Crippen molar-refractivity contribution < 1.29 is 47.6 Å². The van der Waals surface area contributed by atoms with Crippen LogP contribution in [0.5, 0.6) is 5.75 Å². The lowest BCUT2D eigenvalue weighted by molar-refractivity contribution is -0.135. The van der Waals surface area contributed by atoms with E-state index in [1.807, 2.05) is 41.3 Å². The summed E-state index contributed by atoms with van der Waals surface area (Å²) in [6.45, 7) is 8.37. The summed E-state index contributed by atoms with van der Waals surface area (Å²) in [5.74, 6) is -8.74. The molecule has 0 fully saturated rings. The largest absolute Gasteiger partial charge is 0.420 e. The highest BCUT2D eigenvalue weighted by atomic mass is 19.2. The van der Waals surface area contributed by atoms with E-state index >= 15 is 0 Å². The molecule has 0 spiro atoms. The zero-order valence-corrected chi connectivity index (χ0v) is 29.9. The van der Waals surface area contributed by atoms with Gasteiger partial charge in [0.25, 0.3) is 0 Å². The molecule has 0 bridgehead atoms. The minimum Gasteiger partial charge on any atom is -0.420 e. The van der Waals surface area contributed by atoms with E-state index in [0.29, 0.717) is 38.3 Å². The van der Waals surface area contributed by atoms with E-state index in [0.717, 1.165) is 29.0 Å². The first-order valence-electron chi connectivity index (χ1n) is 16.9. The summed E-state index contributed by atoms with van der Waals surface area (Å²) in [4.78, 5) is 37.8. The lowest BCUT2D eigenvalue weighted by atomic mass is 10.0. The minimum absolute atomic E-state index is 0. The number of rotatable bonds is 13. The number of ether oxygens (including phenoxy) is 3. The van der Waals surface area contributed by atoms with Crippen molar-refractivity contribution in [2.45, 2.75) is 65.8 Å². The number of carbonyl (C=O) groups is 3. The third-order valence-corrected chi connectivity index (χ3v) is 7.36. The Morgan fingerprint density at radius 1 is 0.824 bits per heavy atom. The maximum absolute atomic E-state index is 13.1. The van der Waals surface area contributed by atoms with E-state index in [2.05, 4.69) is 59.8 Å². The molecule has 0 atom stereocenters. The number of methoxy groups -OCH3 is 2. The van der Waals surface area contributed by atoms with Crippen LogP contribution in [-0.4, -0.2) is 51.8 Å². The molecule has 0 aliphatic carbocycles. The highest BCUT2D eigenvalue weighted by Crippen LogP contribution is 2.30. The van der Waals surface area contributed by atoms with Gasteiger partial charge in [-0.3, -0.25) is 14.4 Å². The second kappa shape index (κ2) is 23.0. The van der Waals surface area contributed by atoms with Gasteiger partial charge in [-0.05, 0) is 41.5 Å². The molecule has 8 nitrogen and oxygen atoms in total. The summed E-state index contributed by atoms with van der Waals surface area (Å²) in [5.41, 5.74) is 4.20. The average molecular weight is 719 g/mol. The van der Waals surface area contributed by atoms with Crippen molar-refractivity contribution in [2.75, 3.05) is 38.9 Å². The van der Waals surface area contributed by atoms with Crippen LogP contribution in [0.15, 0.2) is 54.6 Å². The Morgan fingerprint density at radius 3 is 2.04 bits per heavy atom. The zero-order chi connectivity index (χ0) is 37.8. The molecule has 0 saturated heterocycles. The first kappa shape index (κ1) is 42.6. The van der Waals surface area contributed by atoms with E-state index in [1.165, 1.54) is 20.0 Å². The molecular weight excluding hydrogens is 668 g/mol. The maximum atomic E-state index is 13.1. The summed E-state index contributed by atoms with van der Waals surface area (Å²) in [5, 5.41) is 2.91. The van der Waals surface area contributed by atoms with Crippen LogP contribution in [0, 0.1) is 29.2 Å². The van der Waals surface area contributed by atoms with E-state index in [4.69, 9.17) is 4.74 Å². The third-order valence-electron chi connectivity index (χ3n) is 7.36. The fourth-order valence-electron chi connectivity index (χ4n) is 4.59. The van der Waals surface area contributed by atoms with Gasteiger partial charge in [-0.1, -0.05) is 81.8 Å². The van der Waals surface area contributed by atoms with Gasteiger partial charge in [-0.2, -0.15) is 8.78 Å². The number of halogens is 4. The smallest absolute Gasteiger partial charge is 0.313 e. The Balaban J connectivity index is 0.000000480. The molecule has 0 saturated carbocycles. The Morgan fingerprint density at radius 2 is 1.43 bits per heavy atom. The molecule has 0 radical (unpaired) electrons. The number of nitrogens with one attached hydrogen (secondary N) is 1. The Bertz CT molecular complexity index is 1570. The summed E-state index contributed by atoms with van der Waals surface area (Å²) >= 11 is 0. The van der Waals surface area contributed by atoms with E-state index in [-0.39, 0.29) is 32.3 Å². The number of amides is 2. The van der Waals surface area contributed by atoms with Gasteiger partial charge in [0.1, 0.15) is 0 Å². The summed E-state index contributed by atoms with van der Waals surface area (Å²) in [6, 6.07) is 16.1. The fraction of sp³-hybridized carbons (Fsp3) is 0.410.